The molecule has 26 heavy (non-hydrogen) atoms. The molecule has 2 N–H and O–H groups in total. The summed E-state index contributed by atoms with van der Waals surface area (Å²) in [6.45, 7) is 2.32. The third-order valence-corrected chi connectivity index (χ3v) is 4.55. The van der Waals surface area contributed by atoms with Gasteiger partial charge >= 0.3 is 0 Å². The lowest BCUT2D eigenvalue weighted by atomic mass is 10.1. The van der Waals surface area contributed by atoms with E-state index in [-0.39, 0.29) is 0 Å². The largest absolute Gasteiger partial charge is 0.372 e. The minimum atomic E-state index is 0.575. The predicted octanol–water partition coefficient (Wildman–Crippen LogP) is 4.95. The zero-order valence-electron chi connectivity index (χ0n) is 14.7. The van der Waals surface area contributed by atoms with Crippen LogP contribution in [0, 0.1) is 0 Å². The van der Waals surface area contributed by atoms with Crippen LogP contribution in [0.25, 0.3) is 0 Å². The number of aromatic nitrogens is 2. The molecule has 1 aromatic heterocycles. The summed E-state index contributed by atoms with van der Waals surface area (Å²) in [5, 5.41) is 6.56. The molecule has 0 aliphatic carbocycles. The number of rotatable bonds is 5. The monoisotopic (exact) mass is 345 g/mol. The van der Waals surface area contributed by atoms with E-state index in [1.807, 2.05) is 36.4 Å². The highest BCUT2D eigenvalue weighted by atomic mass is 15.1. The second-order valence-electron chi connectivity index (χ2n) is 6.48. The maximum absolute atomic E-state index is 4.53. The average Bonchev–Trinajstić information content (AvgIpc) is 2.70. The third kappa shape index (κ3) is 4.11. The Kier molecular flexibility index (Phi) is 4.96. The molecule has 0 saturated carbocycles. The van der Waals surface area contributed by atoms with Gasteiger partial charge in [0.1, 0.15) is 5.82 Å². The van der Waals surface area contributed by atoms with E-state index in [0.29, 0.717) is 5.95 Å². The zero-order valence-corrected chi connectivity index (χ0v) is 14.7. The topological polar surface area (TPSA) is 53.1 Å². The quantitative estimate of drug-likeness (QED) is 0.685. The van der Waals surface area contributed by atoms with Gasteiger partial charge in [0.05, 0.1) is 0 Å². The molecule has 0 unspecified atom stereocenters. The summed E-state index contributed by atoms with van der Waals surface area (Å²) >= 11 is 0. The minimum absolute atomic E-state index is 0.575. The van der Waals surface area contributed by atoms with Crippen molar-refractivity contribution in [3.05, 3.63) is 66.9 Å². The molecule has 0 radical (unpaired) electrons. The van der Waals surface area contributed by atoms with Crippen molar-refractivity contribution >= 4 is 28.8 Å². The van der Waals surface area contributed by atoms with E-state index in [9.17, 15) is 0 Å². The zero-order chi connectivity index (χ0) is 17.6. The molecule has 0 amide bonds. The van der Waals surface area contributed by atoms with Gasteiger partial charge in [0.25, 0.3) is 0 Å². The number of hydrogen-bond donors (Lipinski definition) is 2. The minimum Gasteiger partial charge on any atom is -0.372 e. The number of nitrogens with one attached hydrogen (secondary N) is 2. The molecule has 1 saturated heterocycles. The lowest BCUT2D eigenvalue weighted by Crippen LogP contribution is -2.29. The Bertz CT molecular complexity index is 827. The first kappa shape index (κ1) is 16.4. The molecule has 132 valence electrons. The lowest BCUT2D eigenvalue weighted by molar-refractivity contribution is 0.578. The Balaban J connectivity index is 1.43. The van der Waals surface area contributed by atoms with E-state index in [2.05, 4.69) is 49.8 Å². The van der Waals surface area contributed by atoms with E-state index in [1.165, 1.54) is 24.9 Å². The molecule has 2 heterocycles. The van der Waals surface area contributed by atoms with Crippen LogP contribution < -0.4 is 15.5 Å². The van der Waals surface area contributed by atoms with E-state index < -0.39 is 0 Å². The summed E-state index contributed by atoms with van der Waals surface area (Å²) in [4.78, 5) is 11.3. The van der Waals surface area contributed by atoms with Crippen molar-refractivity contribution in [1.29, 1.82) is 0 Å². The van der Waals surface area contributed by atoms with Crippen LogP contribution in [0.4, 0.5) is 28.8 Å². The van der Waals surface area contributed by atoms with Gasteiger partial charge in [-0.2, -0.15) is 4.98 Å². The van der Waals surface area contributed by atoms with Gasteiger partial charge in [-0.25, -0.2) is 4.98 Å². The Morgan fingerprint density at radius 1 is 0.731 bits per heavy atom. The van der Waals surface area contributed by atoms with Gasteiger partial charge in [-0.05, 0) is 61.7 Å². The Morgan fingerprint density at radius 2 is 1.46 bits per heavy atom. The van der Waals surface area contributed by atoms with Crippen molar-refractivity contribution in [1.82, 2.24) is 9.97 Å². The van der Waals surface area contributed by atoms with E-state index in [0.717, 1.165) is 30.3 Å². The van der Waals surface area contributed by atoms with Gasteiger partial charge in [-0.1, -0.05) is 18.2 Å². The smallest absolute Gasteiger partial charge is 0.229 e. The molecule has 3 aromatic rings. The van der Waals surface area contributed by atoms with Gasteiger partial charge in [-0.15, -0.1) is 0 Å². The van der Waals surface area contributed by atoms with Crippen molar-refractivity contribution < 1.29 is 0 Å². The molecule has 1 aliphatic rings. The third-order valence-electron chi connectivity index (χ3n) is 4.55. The summed E-state index contributed by atoms with van der Waals surface area (Å²) in [6.07, 6.45) is 5.68. The van der Waals surface area contributed by atoms with Gasteiger partial charge < -0.3 is 15.5 Å². The van der Waals surface area contributed by atoms with Gasteiger partial charge in [0.2, 0.25) is 5.95 Å². The number of hydrogen-bond acceptors (Lipinski definition) is 5. The predicted molar refractivity (Wildman–Crippen MR) is 108 cm³/mol. The molecule has 5 heteroatoms. The van der Waals surface area contributed by atoms with Crippen LogP contribution in [0.3, 0.4) is 0 Å². The van der Waals surface area contributed by atoms with Gasteiger partial charge in [0.15, 0.2) is 0 Å². The molecule has 1 aliphatic heterocycles. The molecule has 5 nitrogen and oxygen atoms in total. The molecule has 1 fully saturated rings. The summed E-state index contributed by atoms with van der Waals surface area (Å²) in [5.41, 5.74) is 3.29. The van der Waals surface area contributed by atoms with Crippen LogP contribution in [-0.2, 0) is 0 Å². The van der Waals surface area contributed by atoms with Crippen LogP contribution in [-0.4, -0.2) is 23.1 Å². The van der Waals surface area contributed by atoms with Crippen LogP contribution in [0.1, 0.15) is 19.3 Å². The number of para-hydroxylation sites is 1. The highest BCUT2D eigenvalue weighted by molar-refractivity contribution is 5.62. The molecule has 2 aromatic carbocycles. The lowest BCUT2D eigenvalue weighted by Gasteiger charge is -2.28. The maximum atomic E-state index is 4.53. The van der Waals surface area contributed by atoms with Crippen molar-refractivity contribution in [3.63, 3.8) is 0 Å². The molecule has 4 rings (SSSR count). The Morgan fingerprint density at radius 3 is 2.23 bits per heavy atom. The molecule has 0 atom stereocenters. The molecular weight excluding hydrogens is 322 g/mol. The van der Waals surface area contributed by atoms with Crippen LogP contribution in [0.2, 0.25) is 0 Å². The fraction of sp³-hybridized carbons (Fsp3) is 0.238. The standard InChI is InChI=1S/C21H23N5/c1-3-7-17(8-4-1)24-21-22-14-13-20(25-21)23-18-9-11-19(12-10-18)26-15-5-2-6-16-26/h1,3-4,7-14H,2,5-6,15-16H2,(H2,22,23,24,25). The average molecular weight is 345 g/mol. The fourth-order valence-corrected chi connectivity index (χ4v) is 3.19. The van der Waals surface area contributed by atoms with Crippen LogP contribution in [0.15, 0.2) is 66.9 Å². The van der Waals surface area contributed by atoms with Crippen molar-refractivity contribution in [2.45, 2.75) is 19.3 Å². The maximum Gasteiger partial charge on any atom is 0.229 e. The number of piperidine rings is 1. The van der Waals surface area contributed by atoms with Crippen molar-refractivity contribution in [2.24, 2.45) is 0 Å². The second-order valence-corrected chi connectivity index (χ2v) is 6.48. The molecule has 0 bridgehead atoms. The van der Waals surface area contributed by atoms with Gasteiger partial charge in [0, 0.05) is 36.3 Å². The van der Waals surface area contributed by atoms with Crippen molar-refractivity contribution in [3.8, 4) is 0 Å². The van der Waals surface area contributed by atoms with Crippen LogP contribution >= 0.6 is 0 Å². The summed E-state index contributed by atoms with van der Waals surface area (Å²) < 4.78 is 0. The second kappa shape index (κ2) is 7.87. The number of anilines is 5. The summed E-state index contributed by atoms with van der Waals surface area (Å²) in [6, 6.07) is 20.4. The Labute approximate surface area is 154 Å². The first-order valence-electron chi connectivity index (χ1n) is 9.14. The molecule has 0 spiro atoms. The van der Waals surface area contributed by atoms with Crippen LogP contribution in [0.5, 0.6) is 0 Å². The first-order valence-corrected chi connectivity index (χ1v) is 9.14. The number of benzene rings is 2. The van der Waals surface area contributed by atoms with E-state index >= 15 is 0 Å². The van der Waals surface area contributed by atoms with E-state index in [4.69, 9.17) is 0 Å². The number of nitrogens with zero attached hydrogens (tertiary/aromatic N) is 3. The molecular formula is C21H23N5. The highest BCUT2D eigenvalue weighted by Gasteiger charge is 2.10. The first-order chi connectivity index (χ1) is 12.9. The Hall–Kier alpha value is -3.08. The van der Waals surface area contributed by atoms with Crippen molar-refractivity contribution in [2.75, 3.05) is 28.6 Å². The van der Waals surface area contributed by atoms with Gasteiger partial charge in [-0.3, -0.25) is 0 Å². The fourth-order valence-electron chi connectivity index (χ4n) is 3.19. The normalized spacial score (nSPS) is 14.1. The summed E-state index contributed by atoms with van der Waals surface area (Å²) in [7, 11) is 0. The SMILES string of the molecule is c1ccc(Nc2nccc(Nc3ccc(N4CCCCC4)cc3)n2)cc1. The highest BCUT2D eigenvalue weighted by Crippen LogP contribution is 2.23. The summed E-state index contributed by atoms with van der Waals surface area (Å²) in [5.74, 6) is 1.34. The van der Waals surface area contributed by atoms with E-state index in [1.54, 1.807) is 6.20 Å².